The van der Waals surface area contributed by atoms with E-state index in [1.807, 2.05) is 0 Å². The van der Waals surface area contributed by atoms with Crippen molar-refractivity contribution in [3.8, 4) is 0 Å². The number of aromatic nitrogens is 2. The highest BCUT2D eigenvalue weighted by molar-refractivity contribution is 7.89. The average Bonchev–Trinajstić information content (AvgIpc) is 2.76. The van der Waals surface area contributed by atoms with Crippen LogP contribution in [0.5, 0.6) is 0 Å². The molecule has 0 aliphatic rings. The predicted molar refractivity (Wildman–Crippen MR) is 73.1 cm³/mol. The molecule has 0 amide bonds. The van der Waals surface area contributed by atoms with Gasteiger partial charge in [-0.25, -0.2) is 13.1 Å². The van der Waals surface area contributed by atoms with Gasteiger partial charge in [-0.1, -0.05) is 11.6 Å². The summed E-state index contributed by atoms with van der Waals surface area (Å²) in [6.45, 7) is 0.154. The molecule has 3 N–H and O–H groups in total. The Bertz CT molecular complexity index is 696. The molecule has 1 heterocycles. The molecule has 0 spiro atoms. The van der Waals surface area contributed by atoms with Crippen LogP contribution in [0.1, 0.15) is 5.69 Å². The number of hydrogen-bond donors (Lipinski definition) is 2. The van der Waals surface area contributed by atoms with Crippen molar-refractivity contribution < 1.29 is 8.42 Å². The highest BCUT2D eigenvalue weighted by Crippen LogP contribution is 2.22. The molecule has 2 rings (SSSR count). The van der Waals surface area contributed by atoms with Crippen LogP contribution in [0.2, 0.25) is 5.02 Å². The molecule has 0 atom stereocenters. The van der Waals surface area contributed by atoms with Gasteiger partial charge in [-0.2, -0.15) is 5.10 Å². The van der Waals surface area contributed by atoms with Crippen molar-refractivity contribution >= 4 is 27.3 Å². The highest BCUT2D eigenvalue weighted by atomic mass is 35.5. The van der Waals surface area contributed by atoms with E-state index in [0.29, 0.717) is 5.02 Å². The monoisotopic (exact) mass is 300 g/mol. The smallest absolute Gasteiger partial charge is 0.240 e. The lowest BCUT2D eigenvalue weighted by atomic mass is 10.3. The summed E-state index contributed by atoms with van der Waals surface area (Å²) in [5, 5.41) is 4.28. The third-order valence-corrected chi connectivity index (χ3v) is 4.39. The molecule has 0 aliphatic carbocycles. The first-order chi connectivity index (χ1) is 8.90. The topological polar surface area (TPSA) is 90.0 Å². The summed E-state index contributed by atoms with van der Waals surface area (Å²) in [4.78, 5) is 0.0802. The molecule has 0 fully saturated rings. The van der Waals surface area contributed by atoms with E-state index in [1.54, 1.807) is 24.0 Å². The first kappa shape index (κ1) is 13.9. The van der Waals surface area contributed by atoms with Gasteiger partial charge in [0.1, 0.15) is 0 Å². The number of nitrogens with zero attached hydrogens (tertiary/aromatic N) is 2. The molecule has 0 radical (unpaired) electrons. The second-order valence-corrected chi connectivity index (χ2v) is 6.13. The zero-order chi connectivity index (χ0) is 14.0. The van der Waals surface area contributed by atoms with Crippen molar-refractivity contribution in [1.29, 1.82) is 0 Å². The van der Waals surface area contributed by atoms with Gasteiger partial charge >= 0.3 is 0 Å². The number of aryl methyl sites for hydroxylation is 1. The summed E-state index contributed by atoms with van der Waals surface area (Å²) in [7, 11) is -1.88. The molecule has 8 heteroatoms. The third-order valence-electron chi connectivity index (χ3n) is 2.64. The summed E-state index contributed by atoms with van der Waals surface area (Å²) in [6, 6.07) is 5.92. The molecular weight excluding hydrogens is 288 g/mol. The van der Waals surface area contributed by atoms with E-state index in [9.17, 15) is 8.42 Å². The van der Waals surface area contributed by atoms with Crippen LogP contribution in [0.4, 0.5) is 5.69 Å². The van der Waals surface area contributed by atoms with E-state index in [2.05, 4.69) is 9.82 Å². The summed E-state index contributed by atoms with van der Waals surface area (Å²) >= 11 is 5.76. The molecule has 2 aromatic rings. The van der Waals surface area contributed by atoms with Crippen LogP contribution >= 0.6 is 11.6 Å². The molecule has 19 heavy (non-hydrogen) atoms. The van der Waals surface area contributed by atoms with Crippen LogP contribution in [0.15, 0.2) is 35.4 Å². The number of anilines is 1. The maximum atomic E-state index is 12.1. The van der Waals surface area contributed by atoms with Gasteiger partial charge in [0, 0.05) is 13.2 Å². The fraction of sp³-hybridized carbons (Fsp3) is 0.182. The highest BCUT2D eigenvalue weighted by Gasteiger charge is 2.15. The predicted octanol–water partition coefficient (Wildman–Crippen LogP) is 1.13. The van der Waals surface area contributed by atoms with Crippen molar-refractivity contribution in [2.45, 2.75) is 11.4 Å². The Morgan fingerprint density at radius 1 is 1.42 bits per heavy atom. The van der Waals surface area contributed by atoms with Gasteiger partial charge in [-0.05, 0) is 24.3 Å². The van der Waals surface area contributed by atoms with Gasteiger partial charge in [0.2, 0.25) is 10.0 Å². The van der Waals surface area contributed by atoms with Crippen LogP contribution < -0.4 is 10.5 Å². The number of hydrogen-bond acceptors (Lipinski definition) is 4. The first-order valence-electron chi connectivity index (χ1n) is 5.42. The van der Waals surface area contributed by atoms with E-state index in [-0.39, 0.29) is 17.1 Å². The van der Waals surface area contributed by atoms with Gasteiger partial charge in [0.25, 0.3) is 0 Å². The van der Waals surface area contributed by atoms with Gasteiger partial charge in [-0.3, -0.25) is 4.68 Å². The lowest BCUT2D eigenvalue weighted by Crippen LogP contribution is -2.24. The van der Waals surface area contributed by atoms with Gasteiger partial charge in [0.05, 0.1) is 27.8 Å². The summed E-state index contributed by atoms with van der Waals surface area (Å²) in [5.74, 6) is 0. The Balaban J connectivity index is 2.18. The van der Waals surface area contributed by atoms with Gasteiger partial charge < -0.3 is 5.73 Å². The number of nitrogen functional groups attached to an aromatic ring is 1. The van der Waals surface area contributed by atoms with Crippen molar-refractivity contribution in [1.82, 2.24) is 14.5 Å². The lowest BCUT2D eigenvalue weighted by molar-refractivity contribution is 0.577. The Morgan fingerprint density at radius 3 is 2.74 bits per heavy atom. The summed E-state index contributed by atoms with van der Waals surface area (Å²) in [6.07, 6.45) is 1.60. The molecule has 0 unspecified atom stereocenters. The molecular formula is C11H13ClN4O2S. The fourth-order valence-corrected chi connectivity index (χ4v) is 2.67. The average molecular weight is 301 g/mol. The Morgan fingerprint density at radius 2 is 2.16 bits per heavy atom. The Kier molecular flexibility index (Phi) is 3.79. The number of rotatable bonds is 4. The van der Waals surface area contributed by atoms with E-state index in [1.165, 1.54) is 18.2 Å². The van der Waals surface area contributed by atoms with E-state index < -0.39 is 10.0 Å². The lowest BCUT2D eigenvalue weighted by Gasteiger charge is -2.08. The zero-order valence-corrected chi connectivity index (χ0v) is 11.7. The molecule has 0 bridgehead atoms. The second kappa shape index (κ2) is 5.20. The van der Waals surface area contributed by atoms with Crippen LogP contribution in [-0.2, 0) is 23.6 Å². The number of sulfonamides is 1. The SMILES string of the molecule is Cn1nccc1CNS(=O)(=O)c1ccc(Cl)c(N)c1. The minimum absolute atomic E-state index is 0.0802. The third kappa shape index (κ3) is 3.06. The van der Waals surface area contributed by atoms with Crippen LogP contribution in [0.3, 0.4) is 0 Å². The number of nitrogens with one attached hydrogen (secondary N) is 1. The quantitative estimate of drug-likeness (QED) is 0.828. The largest absolute Gasteiger partial charge is 0.397 e. The molecule has 0 saturated heterocycles. The van der Waals surface area contributed by atoms with E-state index >= 15 is 0 Å². The van der Waals surface area contributed by atoms with Crippen LogP contribution in [0, 0.1) is 0 Å². The molecule has 1 aromatic heterocycles. The van der Waals surface area contributed by atoms with Crippen molar-refractivity contribution in [2.75, 3.05) is 5.73 Å². The minimum atomic E-state index is -3.62. The minimum Gasteiger partial charge on any atom is -0.397 e. The van der Waals surface area contributed by atoms with Crippen molar-refractivity contribution in [2.24, 2.45) is 7.05 Å². The summed E-state index contributed by atoms with van der Waals surface area (Å²) < 4.78 is 28.2. The number of benzene rings is 1. The van der Waals surface area contributed by atoms with Gasteiger partial charge in [0.15, 0.2) is 0 Å². The number of nitrogens with two attached hydrogens (primary N) is 1. The molecule has 6 nitrogen and oxygen atoms in total. The van der Waals surface area contributed by atoms with Crippen molar-refractivity contribution in [3.05, 3.63) is 41.2 Å². The second-order valence-electron chi connectivity index (χ2n) is 3.95. The fourth-order valence-electron chi connectivity index (χ4n) is 1.52. The van der Waals surface area contributed by atoms with Gasteiger partial charge in [-0.15, -0.1) is 0 Å². The number of halogens is 1. The van der Waals surface area contributed by atoms with Crippen molar-refractivity contribution in [3.63, 3.8) is 0 Å². The zero-order valence-electron chi connectivity index (χ0n) is 10.2. The molecule has 0 saturated carbocycles. The molecule has 0 aliphatic heterocycles. The Hall–Kier alpha value is -1.57. The van der Waals surface area contributed by atoms with E-state index in [0.717, 1.165) is 5.69 Å². The van der Waals surface area contributed by atoms with E-state index in [4.69, 9.17) is 17.3 Å². The van der Waals surface area contributed by atoms with Crippen LogP contribution in [-0.4, -0.2) is 18.2 Å². The molecule has 1 aromatic carbocycles. The first-order valence-corrected chi connectivity index (χ1v) is 7.28. The summed E-state index contributed by atoms with van der Waals surface area (Å²) in [5.41, 5.74) is 6.58. The molecule has 102 valence electrons. The maximum Gasteiger partial charge on any atom is 0.240 e. The normalized spacial score (nSPS) is 11.7. The maximum absolute atomic E-state index is 12.1. The Labute approximate surface area is 116 Å². The van der Waals surface area contributed by atoms with Crippen LogP contribution in [0.25, 0.3) is 0 Å². The standard InChI is InChI=1S/C11H13ClN4O2S/c1-16-8(4-5-14-16)7-15-19(17,18)9-2-3-10(12)11(13)6-9/h2-6,15H,7,13H2,1H3.